The molecule has 3 nitrogen and oxygen atoms in total. The fraction of sp³-hybridized carbons (Fsp3) is 0.533. The monoisotopic (exact) mass is 245 g/mol. The molecule has 0 heterocycles. The molecule has 1 amide bonds. The van der Waals surface area contributed by atoms with E-state index in [9.17, 15) is 4.79 Å². The van der Waals surface area contributed by atoms with Crippen LogP contribution < -0.4 is 10.1 Å². The van der Waals surface area contributed by atoms with Crippen LogP contribution in [-0.2, 0) is 4.79 Å². The van der Waals surface area contributed by atoms with Crippen LogP contribution in [0.4, 0.5) is 5.69 Å². The summed E-state index contributed by atoms with van der Waals surface area (Å²) in [5.41, 5.74) is 0.864. The fourth-order valence-corrected chi connectivity index (χ4v) is 3.48. The predicted molar refractivity (Wildman–Crippen MR) is 70.6 cm³/mol. The van der Waals surface area contributed by atoms with Gasteiger partial charge in [-0.15, -0.1) is 0 Å². The molecule has 1 aromatic carbocycles. The molecule has 2 fully saturated rings. The SMILES string of the molecule is COc1ccc(NC(=O)[C@@H]2CC3CC[C@@H]2C3)cc1. The van der Waals surface area contributed by atoms with Crippen LogP contribution in [0.1, 0.15) is 25.7 Å². The Labute approximate surface area is 108 Å². The quantitative estimate of drug-likeness (QED) is 0.888. The van der Waals surface area contributed by atoms with E-state index in [-0.39, 0.29) is 11.8 Å². The van der Waals surface area contributed by atoms with Crippen LogP contribution in [-0.4, -0.2) is 13.0 Å². The predicted octanol–water partition coefficient (Wildman–Crippen LogP) is 3.07. The van der Waals surface area contributed by atoms with Crippen molar-refractivity contribution in [3.8, 4) is 5.75 Å². The number of carbonyl (C=O) groups is 1. The Morgan fingerprint density at radius 2 is 2.00 bits per heavy atom. The molecule has 1 aromatic rings. The maximum atomic E-state index is 12.2. The summed E-state index contributed by atoms with van der Waals surface area (Å²) in [6.45, 7) is 0. The van der Waals surface area contributed by atoms with E-state index < -0.39 is 0 Å². The van der Waals surface area contributed by atoms with Crippen molar-refractivity contribution >= 4 is 11.6 Å². The van der Waals surface area contributed by atoms with Gasteiger partial charge in [0.1, 0.15) is 5.75 Å². The molecule has 0 saturated heterocycles. The minimum Gasteiger partial charge on any atom is -0.497 e. The minimum atomic E-state index is 0.201. The Kier molecular flexibility index (Phi) is 2.98. The molecule has 2 aliphatic rings. The van der Waals surface area contributed by atoms with E-state index in [1.165, 1.54) is 19.3 Å². The number of anilines is 1. The second kappa shape index (κ2) is 4.63. The molecule has 3 rings (SSSR count). The topological polar surface area (TPSA) is 38.3 Å². The van der Waals surface area contributed by atoms with Crippen molar-refractivity contribution in [1.29, 1.82) is 0 Å². The number of rotatable bonds is 3. The minimum absolute atomic E-state index is 0.201. The van der Waals surface area contributed by atoms with Gasteiger partial charge in [-0.25, -0.2) is 0 Å². The van der Waals surface area contributed by atoms with Crippen LogP contribution >= 0.6 is 0 Å². The number of hydrogen-bond donors (Lipinski definition) is 1. The molecule has 0 aromatic heterocycles. The zero-order valence-electron chi connectivity index (χ0n) is 10.7. The van der Waals surface area contributed by atoms with Crippen molar-refractivity contribution < 1.29 is 9.53 Å². The van der Waals surface area contributed by atoms with Crippen molar-refractivity contribution in [2.45, 2.75) is 25.7 Å². The van der Waals surface area contributed by atoms with Gasteiger partial charge in [-0.05, 0) is 55.4 Å². The van der Waals surface area contributed by atoms with E-state index in [0.29, 0.717) is 5.92 Å². The van der Waals surface area contributed by atoms with Crippen LogP contribution in [0.2, 0.25) is 0 Å². The summed E-state index contributed by atoms with van der Waals surface area (Å²) in [4.78, 5) is 12.2. The molecule has 1 unspecified atom stereocenters. The van der Waals surface area contributed by atoms with Crippen LogP contribution in [0.15, 0.2) is 24.3 Å². The molecule has 2 bridgehead atoms. The summed E-state index contributed by atoms with van der Waals surface area (Å²) in [7, 11) is 1.64. The van der Waals surface area contributed by atoms with E-state index in [4.69, 9.17) is 4.74 Å². The average Bonchev–Trinajstić information content (AvgIpc) is 3.02. The Morgan fingerprint density at radius 3 is 2.56 bits per heavy atom. The molecule has 96 valence electrons. The lowest BCUT2D eigenvalue weighted by atomic mass is 9.88. The third kappa shape index (κ3) is 2.09. The van der Waals surface area contributed by atoms with Gasteiger partial charge in [-0.2, -0.15) is 0 Å². The number of ether oxygens (including phenoxy) is 1. The first kappa shape index (κ1) is 11.6. The number of hydrogen-bond acceptors (Lipinski definition) is 2. The number of fused-ring (bicyclic) bond motifs is 2. The van der Waals surface area contributed by atoms with E-state index >= 15 is 0 Å². The normalized spacial score (nSPS) is 29.3. The Balaban J connectivity index is 1.63. The number of amides is 1. The van der Waals surface area contributed by atoms with Crippen LogP contribution in [0, 0.1) is 17.8 Å². The zero-order chi connectivity index (χ0) is 12.5. The van der Waals surface area contributed by atoms with Gasteiger partial charge >= 0.3 is 0 Å². The molecular formula is C15H19NO2. The van der Waals surface area contributed by atoms with Crippen molar-refractivity contribution in [3.05, 3.63) is 24.3 Å². The number of benzene rings is 1. The van der Waals surface area contributed by atoms with Crippen LogP contribution in [0.5, 0.6) is 5.75 Å². The largest absolute Gasteiger partial charge is 0.497 e. The molecule has 18 heavy (non-hydrogen) atoms. The van der Waals surface area contributed by atoms with Crippen LogP contribution in [0.25, 0.3) is 0 Å². The maximum Gasteiger partial charge on any atom is 0.227 e. The van der Waals surface area contributed by atoms with E-state index in [1.807, 2.05) is 24.3 Å². The molecule has 0 radical (unpaired) electrons. The van der Waals surface area contributed by atoms with Gasteiger partial charge in [0.2, 0.25) is 5.91 Å². The van der Waals surface area contributed by atoms with E-state index in [2.05, 4.69) is 5.32 Å². The molecular weight excluding hydrogens is 226 g/mol. The highest BCUT2D eigenvalue weighted by Gasteiger charge is 2.42. The maximum absolute atomic E-state index is 12.2. The first-order valence-corrected chi connectivity index (χ1v) is 6.71. The summed E-state index contributed by atoms with van der Waals surface area (Å²) < 4.78 is 5.10. The van der Waals surface area contributed by atoms with Crippen molar-refractivity contribution in [2.75, 3.05) is 12.4 Å². The number of methoxy groups -OCH3 is 1. The van der Waals surface area contributed by atoms with Gasteiger partial charge < -0.3 is 10.1 Å². The molecule has 3 heteroatoms. The highest BCUT2D eigenvalue weighted by atomic mass is 16.5. The summed E-state index contributed by atoms with van der Waals surface area (Å²) >= 11 is 0. The molecule has 2 aliphatic carbocycles. The summed E-state index contributed by atoms with van der Waals surface area (Å²) in [5.74, 6) is 2.70. The van der Waals surface area contributed by atoms with Crippen molar-refractivity contribution in [1.82, 2.24) is 0 Å². The van der Waals surface area contributed by atoms with Gasteiger partial charge in [0, 0.05) is 11.6 Å². The smallest absolute Gasteiger partial charge is 0.227 e. The molecule has 1 N–H and O–H groups in total. The molecule has 0 spiro atoms. The third-order valence-corrected chi connectivity index (χ3v) is 4.43. The lowest BCUT2D eigenvalue weighted by Crippen LogP contribution is -2.27. The molecule has 3 atom stereocenters. The van der Waals surface area contributed by atoms with E-state index in [0.717, 1.165) is 23.8 Å². The first-order chi connectivity index (χ1) is 8.76. The second-order valence-corrected chi connectivity index (χ2v) is 5.50. The van der Waals surface area contributed by atoms with E-state index in [1.54, 1.807) is 7.11 Å². The lowest BCUT2D eigenvalue weighted by molar-refractivity contribution is -0.121. The second-order valence-electron chi connectivity index (χ2n) is 5.50. The summed E-state index contributed by atoms with van der Waals surface area (Å²) in [5, 5.41) is 3.03. The molecule has 0 aliphatic heterocycles. The van der Waals surface area contributed by atoms with Gasteiger partial charge in [0.15, 0.2) is 0 Å². The third-order valence-electron chi connectivity index (χ3n) is 4.43. The van der Waals surface area contributed by atoms with Gasteiger partial charge in [-0.1, -0.05) is 6.42 Å². The summed E-state index contributed by atoms with van der Waals surface area (Å²) in [6.07, 6.45) is 4.93. The van der Waals surface area contributed by atoms with Gasteiger partial charge in [-0.3, -0.25) is 4.79 Å². The fourth-order valence-electron chi connectivity index (χ4n) is 3.48. The zero-order valence-corrected chi connectivity index (χ0v) is 10.7. The highest BCUT2D eigenvalue weighted by molar-refractivity contribution is 5.93. The van der Waals surface area contributed by atoms with Crippen molar-refractivity contribution in [2.24, 2.45) is 17.8 Å². The first-order valence-electron chi connectivity index (χ1n) is 6.71. The lowest BCUT2D eigenvalue weighted by Gasteiger charge is -2.20. The highest BCUT2D eigenvalue weighted by Crippen LogP contribution is 2.48. The molecule has 2 saturated carbocycles. The summed E-state index contributed by atoms with van der Waals surface area (Å²) in [6, 6.07) is 7.53. The Bertz CT molecular complexity index is 440. The van der Waals surface area contributed by atoms with Gasteiger partial charge in [0.25, 0.3) is 0 Å². The Hall–Kier alpha value is -1.51. The average molecular weight is 245 g/mol. The number of carbonyl (C=O) groups excluding carboxylic acids is 1. The van der Waals surface area contributed by atoms with Crippen LogP contribution in [0.3, 0.4) is 0 Å². The Morgan fingerprint density at radius 1 is 1.22 bits per heavy atom. The number of nitrogens with one attached hydrogen (secondary N) is 1. The van der Waals surface area contributed by atoms with Crippen molar-refractivity contribution in [3.63, 3.8) is 0 Å². The van der Waals surface area contributed by atoms with Gasteiger partial charge in [0.05, 0.1) is 7.11 Å². The standard InChI is InChI=1S/C15H19NO2/c1-18-13-6-4-12(5-7-13)16-15(17)14-9-10-2-3-11(14)8-10/h4-7,10-11,14H,2-3,8-9H2,1H3,(H,16,17)/t10?,11-,14-/m1/s1.